The molecule has 0 amide bonds. The molecule has 2 nitrogen and oxygen atoms in total. The van der Waals surface area contributed by atoms with Crippen LogP contribution in [0.25, 0.3) is 0 Å². The highest BCUT2D eigenvalue weighted by Gasteiger charge is 2.48. The van der Waals surface area contributed by atoms with Crippen molar-refractivity contribution in [1.82, 2.24) is 0 Å². The van der Waals surface area contributed by atoms with Gasteiger partial charge >= 0.3 is 12.3 Å². The van der Waals surface area contributed by atoms with Crippen molar-refractivity contribution in [2.75, 3.05) is 0 Å². The molecule has 0 radical (unpaired) electrons. The van der Waals surface area contributed by atoms with Crippen LogP contribution >= 0.6 is 0 Å². The first-order valence-electron chi connectivity index (χ1n) is 5.35. The number of benzene rings is 1. The van der Waals surface area contributed by atoms with Crippen LogP contribution in [0.4, 0.5) is 17.6 Å². The average Bonchev–Trinajstić information content (AvgIpc) is 2.28. The van der Waals surface area contributed by atoms with Crippen LogP contribution in [-0.4, -0.2) is 23.6 Å². The van der Waals surface area contributed by atoms with E-state index in [0.29, 0.717) is 5.75 Å². The van der Waals surface area contributed by atoms with Crippen molar-refractivity contribution < 1.29 is 27.4 Å². The molecule has 0 bridgehead atoms. The third-order valence-corrected chi connectivity index (χ3v) is 2.22. The van der Waals surface area contributed by atoms with Crippen LogP contribution in [-0.2, 0) is 0 Å². The lowest BCUT2D eigenvalue weighted by Crippen LogP contribution is -2.34. The summed E-state index contributed by atoms with van der Waals surface area (Å²) < 4.78 is 55.2. The van der Waals surface area contributed by atoms with Crippen LogP contribution in [0.15, 0.2) is 24.3 Å². The Morgan fingerprint density at radius 3 is 2.00 bits per heavy atom. The topological polar surface area (TPSA) is 29.5 Å². The number of halogens is 4. The van der Waals surface area contributed by atoms with E-state index in [4.69, 9.17) is 4.74 Å². The molecular formula is C12H14F4O2. The molecule has 1 aromatic carbocycles. The van der Waals surface area contributed by atoms with Gasteiger partial charge in [-0.2, -0.15) is 8.78 Å². The van der Waals surface area contributed by atoms with Crippen LogP contribution in [0.1, 0.15) is 25.5 Å². The Kier molecular flexibility index (Phi) is 4.56. The Morgan fingerprint density at radius 2 is 1.61 bits per heavy atom. The largest absolute Gasteiger partial charge is 0.491 e. The van der Waals surface area contributed by atoms with Crippen LogP contribution in [0.2, 0.25) is 0 Å². The fourth-order valence-electron chi connectivity index (χ4n) is 1.34. The van der Waals surface area contributed by atoms with Crippen LogP contribution in [0.5, 0.6) is 5.75 Å². The third-order valence-electron chi connectivity index (χ3n) is 2.22. The van der Waals surface area contributed by atoms with E-state index in [1.54, 1.807) is 13.8 Å². The second kappa shape index (κ2) is 5.56. The Morgan fingerprint density at radius 1 is 1.11 bits per heavy atom. The Balaban J connectivity index is 2.85. The van der Waals surface area contributed by atoms with Gasteiger partial charge in [-0.05, 0) is 31.5 Å². The molecule has 102 valence electrons. The highest BCUT2D eigenvalue weighted by atomic mass is 19.3. The number of hydrogen-bond donors (Lipinski definition) is 1. The number of alkyl halides is 4. The maximum atomic E-state index is 12.9. The maximum Gasteiger partial charge on any atom is 0.336 e. The first kappa shape index (κ1) is 14.8. The second-order valence-corrected chi connectivity index (χ2v) is 4.11. The van der Waals surface area contributed by atoms with E-state index in [-0.39, 0.29) is 11.7 Å². The summed E-state index contributed by atoms with van der Waals surface area (Å²) in [6.07, 6.45) is -6.55. The van der Waals surface area contributed by atoms with Gasteiger partial charge in [0.2, 0.25) is 0 Å². The summed E-state index contributed by atoms with van der Waals surface area (Å²) in [5.74, 6) is -4.05. The van der Waals surface area contributed by atoms with E-state index in [2.05, 4.69) is 0 Å². The molecule has 1 aromatic rings. The average molecular weight is 266 g/mol. The zero-order chi connectivity index (χ0) is 13.9. The van der Waals surface area contributed by atoms with Gasteiger partial charge in [-0.1, -0.05) is 12.1 Å². The Labute approximate surface area is 102 Å². The standard InChI is InChI=1S/C12H14F4O2/c1-7(2)18-9-5-3-8(4-6-9)10(17)12(15,16)11(13)14/h3-7,10-11,17H,1-2H3. The van der Waals surface area contributed by atoms with Gasteiger partial charge < -0.3 is 9.84 Å². The molecule has 0 aromatic heterocycles. The van der Waals surface area contributed by atoms with Gasteiger partial charge in [0.1, 0.15) is 11.9 Å². The van der Waals surface area contributed by atoms with E-state index in [9.17, 15) is 22.7 Å². The monoisotopic (exact) mass is 266 g/mol. The Hall–Kier alpha value is -1.30. The number of aliphatic hydroxyl groups excluding tert-OH is 1. The molecule has 1 atom stereocenters. The summed E-state index contributed by atoms with van der Waals surface area (Å²) in [5.41, 5.74) is -0.281. The summed E-state index contributed by atoms with van der Waals surface area (Å²) in [7, 11) is 0. The van der Waals surface area contributed by atoms with Crippen molar-refractivity contribution in [1.29, 1.82) is 0 Å². The SMILES string of the molecule is CC(C)Oc1ccc(C(O)C(F)(F)C(F)F)cc1. The van der Waals surface area contributed by atoms with Gasteiger partial charge in [0.25, 0.3) is 0 Å². The molecular weight excluding hydrogens is 252 g/mol. The van der Waals surface area contributed by atoms with E-state index in [1.807, 2.05) is 0 Å². The maximum absolute atomic E-state index is 12.9. The fraction of sp³-hybridized carbons (Fsp3) is 0.500. The third kappa shape index (κ3) is 3.35. The van der Waals surface area contributed by atoms with Gasteiger partial charge in [-0.15, -0.1) is 0 Å². The lowest BCUT2D eigenvalue weighted by molar-refractivity contribution is -0.193. The van der Waals surface area contributed by atoms with Crippen molar-refractivity contribution in [3.63, 3.8) is 0 Å². The highest BCUT2D eigenvalue weighted by molar-refractivity contribution is 5.29. The summed E-state index contributed by atoms with van der Waals surface area (Å²) in [6, 6.07) is 4.97. The number of ether oxygens (including phenoxy) is 1. The smallest absolute Gasteiger partial charge is 0.336 e. The van der Waals surface area contributed by atoms with E-state index in [0.717, 1.165) is 12.1 Å². The lowest BCUT2D eigenvalue weighted by atomic mass is 10.0. The predicted molar refractivity (Wildman–Crippen MR) is 58.1 cm³/mol. The quantitative estimate of drug-likeness (QED) is 0.827. The van der Waals surface area contributed by atoms with Crippen molar-refractivity contribution in [3.8, 4) is 5.75 Å². The molecule has 0 aliphatic carbocycles. The van der Waals surface area contributed by atoms with E-state index < -0.39 is 18.5 Å². The van der Waals surface area contributed by atoms with Gasteiger partial charge in [0.05, 0.1) is 6.10 Å². The van der Waals surface area contributed by atoms with Crippen LogP contribution in [0.3, 0.4) is 0 Å². The molecule has 1 N–H and O–H groups in total. The molecule has 1 rings (SSSR count). The van der Waals surface area contributed by atoms with Crippen molar-refractivity contribution in [3.05, 3.63) is 29.8 Å². The molecule has 0 spiro atoms. The highest BCUT2D eigenvalue weighted by Crippen LogP contribution is 2.36. The summed E-state index contributed by atoms with van der Waals surface area (Å²) >= 11 is 0. The molecule has 0 aliphatic rings. The number of aliphatic hydroxyl groups is 1. The molecule has 1 unspecified atom stereocenters. The van der Waals surface area contributed by atoms with Gasteiger partial charge in [0, 0.05) is 0 Å². The number of hydrogen-bond acceptors (Lipinski definition) is 2. The van der Waals surface area contributed by atoms with E-state index in [1.165, 1.54) is 12.1 Å². The van der Waals surface area contributed by atoms with E-state index >= 15 is 0 Å². The molecule has 6 heteroatoms. The summed E-state index contributed by atoms with van der Waals surface area (Å²) in [5, 5.41) is 9.22. The molecule has 0 heterocycles. The minimum atomic E-state index is -4.47. The zero-order valence-corrected chi connectivity index (χ0v) is 9.91. The molecule has 0 saturated heterocycles. The fourth-order valence-corrected chi connectivity index (χ4v) is 1.34. The zero-order valence-electron chi connectivity index (χ0n) is 9.91. The van der Waals surface area contributed by atoms with Crippen molar-refractivity contribution in [2.24, 2.45) is 0 Å². The summed E-state index contributed by atoms with van der Waals surface area (Å²) in [6.45, 7) is 3.57. The normalized spacial score (nSPS) is 14.1. The van der Waals surface area contributed by atoms with Gasteiger partial charge in [-0.25, -0.2) is 8.78 Å². The molecule has 18 heavy (non-hydrogen) atoms. The lowest BCUT2D eigenvalue weighted by Gasteiger charge is -2.22. The first-order valence-corrected chi connectivity index (χ1v) is 5.35. The first-order chi connectivity index (χ1) is 8.25. The minimum Gasteiger partial charge on any atom is -0.491 e. The van der Waals surface area contributed by atoms with Crippen LogP contribution < -0.4 is 4.74 Å². The molecule has 0 saturated carbocycles. The number of rotatable bonds is 5. The van der Waals surface area contributed by atoms with Crippen LogP contribution in [0, 0.1) is 0 Å². The van der Waals surface area contributed by atoms with Crippen molar-refractivity contribution in [2.45, 2.75) is 38.4 Å². The van der Waals surface area contributed by atoms with Gasteiger partial charge in [-0.3, -0.25) is 0 Å². The van der Waals surface area contributed by atoms with Crippen molar-refractivity contribution >= 4 is 0 Å². The summed E-state index contributed by atoms with van der Waals surface area (Å²) in [4.78, 5) is 0. The van der Waals surface area contributed by atoms with Gasteiger partial charge in [0.15, 0.2) is 0 Å². The second-order valence-electron chi connectivity index (χ2n) is 4.11. The molecule has 0 fully saturated rings. The minimum absolute atomic E-state index is 0.0942. The molecule has 0 aliphatic heterocycles. The Bertz CT molecular complexity index is 376. The predicted octanol–water partition coefficient (Wildman–Crippen LogP) is 3.41.